The highest BCUT2D eigenvalue weighted by Crippen LogP contribution is 2.13. The summed E-state index contributed by atoms with van der Waals surface area (Å²) in [5.74, 6) is 0. The standard InChI is InChI=1S/C14H20N2/c1-12(2)14-5-3-13(4-6-14)11-16-9-7-15-8-10-16/h3-6,15H,1,7-11H2,2H3. The number of allylic oxidation sites excluding steroid dienone is 1. The monoisotopic (exact) mass is 216 g/mol. The summed E-state index contributed by atoms with van der Waals surface area (Å²) in [6.07, 6.45) is 0. The van der Waals surface area contributed by atoms with Gasteiger partial charge in [-0.15, -0.1) is 0 Å². The Morgan fingerprint density at radius 2 is 1.88 bits per heavy atom. The van der Waals surface area contributed by atoms with Crippen LogP contribution in [0.2, 0.25) is 0 Å². The lowest BCUT2D eigenvalue weighted by atomic mass is 10.1. The van der Waals surface area contributed by atoms with Crippen LogP contribution in [0.5, 0.6) is 0 Å². The van der Waals surface area contributed by atoms with Crippen molar-refractivity contribution in [3.8, 4) is 0 Å². The van der Waals surface area contributed by atoms with E-state index in [-0.39, 0.29) is 0 Å². The van der Waals surface area contributed by atoms with Gasteiger partial charge < -0.3 is 5.32 Å². The van der Waals surface area contributed by atoms with Crippen molar-refractivity contribution in [3.05, 3.63) is 42.0 Å². The van der Waals surface area contributed by atoms with Crippen molar-refractivity contribution in [1.29, 1.82) is 0 Å². The fourth-order valence-corrected chi connectivity index (χ4v) is 2.02. The highest BCUT2D eigenvalue weighted by Gasteiger charge is 2.09. The summed E-state index contributed by atoms with van der Waals surface area (Å²) in [7, 11) is 0. The Morgan fingerprint density at radius 1 is 1.25 bits per heavy atom. The summed E-state index contributed by atoms with van der Waals surface area (Å²) in [4.78, 5) is 2.49. The summed E-state index contributed by atoms with van der Waals surface area (Å²) in [5.41, 5.74) is 3.77. The number of hydrogen-bond donors (Lipinski definition) is 1. The number of nitrogens with zero attached hydrogens (tertiary/aromatic N) is 1. The van der Waals surface area contributed by atoms with Gasteiger partial charge in [-0.2, -0.15) is 0 Å². The first-order valence-electron chi connectivity index (χ1n) is 5.93. The minimum Gasteiger partial charge on any atom is -0.314 e. The van der Waals surface area contributed by atoms with Crippen molar-refractivity contribution >= 4 is 5.57 Å². The summed E-state index contributed by atoms with van der Waals surface area (Å²) in [6, 6.07) is 8.76. The Bertz CT molecular complexity index is 348. The second-order valence-electron chi connectivity index (χ2n) is 4.50. The maximum absolute atomic E-state index is 3.95. The normalized spacial score (nSPS) is 17.3. The van der Waals surface area contributed by atoms with Gasteiger partial charge in [0.25, 0.3) is 0 Å². The molecule has 1 aromatic rings. The van der Waals surface area contributed by atoms with E-state index in [1.165, 1.54) is 11.1 Å². The molecule has 0 atom stereocenters. The van der Waals surface area contributed by atoms with E-state index >= 15 is 0 Å². The Morgan fingerprint density at radius 3 is 2.44 bits per heavy atom. The molecule has 0 aromatic heterocycles. The van der Waals surface area contributed by atoms with Gasteiger partial charge in [-0.25, -0.2) is 0 Å². The molecule has 2 heteroatoms. The van der Waals surface area contributed by atoms with Gasteiger partial charge >= 0.3 is 0 Å². The van der Waals surface area contributed by atoms with Crippen LogP contribution in [0, 0.1) is 0 Å². The van der Waals surface area contributed by atoms with Gasteiger partial charge in [-0.3, -0.25) is 4.90 Å². The zero-order valence-corrected chi connectivity index (χ0v) is 10.00. The Balaban J connectivity index is 1.96. The number of hydrogen-bond acceptors (Lipinski definition) is 2. The first-order chi connectivity index (χ1) is 7.75. The van der Waals surface area contributed by atoms with E-state index in [0.29, 0.717) is 0 Å². The van der Waals surface area contributed by atoms with Gasteiger partial charge in [0.2, 0.25) is 0 Å². The zero-order valence-electron chi connectivity index (χ0n) is 10.00. The van der Waals surface area contributed by atoms with Crippen molar-refractivity contribution in [1.82, 2.24) is 10.2 Å². The number of rotatable bonds is 3. The van der Waals surface area contributed by atoms with Crippen LogP contribution in [-0.4, -0.2) is 31.1 Å². The molecule has 1 aromatic carbocycles. The van der Waals surface area contributed by atoms with E-state index in [1.54, 1.807) is 0 Å². The number of nitrogens with one attached hydrogen (secondary N) is 1. The highest BCUT2D eigenvalue weighted by atomic mass is 15.2. The van der Waals surface area contributed by atoms with Crippen molar-refractivity contribution in [3.63, 3.8) is 0 Å². The molecule has 0 radical (unpaired) electrons. The van der Waals surface area contributed by atoms with Gasteiger partial charge in [0.1, 0.15) is 0 Å². The van der Waals surface area contributed by atoms with E-state index in [0.717, 1.165) is 38.3 Å². The molecule has 0 saturated carbocycles. The van der Waals surface area contributed by atoms with Crippen LogP contribution in [0.1, 0.15) is 18.1 Å². The first-order valence-corrected chi connectivity index (χ1v) is 5.93. The lowest BCUT2D eigenvalue weighted by Gasteiger charge is -2.27. The molecule has 0 spiro atoms. The minimum atomic E-state index is 1.07. The number of piperazine rings is 1. The largest absolute Gasteiger partial charge is 0.314 e. The van der Waals surface area contributed by atoms with Crippen LogP contribution in [0.3, 0.4) is 0 Å². The first kappa shape index (κ1) is 11.4. The van der Waals surface area contributed by atoms with Gasteiger partial charge in [0.15, 0.2) is 0 Å². The molecule has 1 N–H and O–H groups in total. The predicted molar refractivity (Wildman–Crippen MR) is 69.3 cm³/mol. The summed E-state index contributed by atoms with van der Waals surface area (Å²) in [5, 5.41) is 3.37. The van der Waals surface area contributed by atoms with E-state index in [4.69, 9.17) is 0 Å². The molecule has 0 aliphatic carbocycles. The van der Waals surface area contributed by atoms with E-state index < -0.39 is 0 Å². The third-order valence-electron chi connectivity index (χ3n) is 3.06. The SMILES string of the molecule is C=C(C)c1ccc(CN2CCNCC2)cc1. The van der Waals surface area contributed by atoms with Crippen LogP contribution < -0.4 is 5.32 Å². The second kappa shape index (κ2) is 5.28. The maximum Gasteiger partial charge on any atom is 0.0234 e. The van der Waals surface area contributed by atoms with Crippen LogP contribution in [0.4, 0.5) is 0 Å². The molecular weight excluding hydrogens is 196 g/mol. The van der Waals surface area contributed by atoms with Crippen molar-refractivity contribution < 1.29 is 0 Å². The van der Waals surface area contributed by atoms with Crippen LogP contribution in [-0.2, 0) is 6.54 Å². The fraction of sp³-hybridized carbons (Fsp3) is 0.429. The third-order valence-corrected chi connectivity index (χ3v) is 3.06. The van der Waals surface area contributed by atoms with Crippen LogP contribution in [0.15, 0.2) is 30.8 Å². The average molecular weight is 216 g/mol. The molecule has 0 amide bonds. The lowest BCUT2D eigenvalue weighted by molar-refractivity contribution is 0.233. The smallest absolute Gasteiger partial charge is 0.0234 e. The van der Waals surface area contributed by atoms with E-state index in [2.05, 4.69) is 41.1 Å². The Kier molecular flexibility index (Phi) is 3.75. The number of benzene rings is 1. The van der Waals surface area contributed by atoms with Gasteiger partial charge in [-0.05, 0) is 18.1 Å². The average Bonchev–Trinajstić information content (AvgIpc) is 2.31. The highest BCUT2D eigenvalue weighted by molar-refractivity contribution is 5.61. The van der Waals surface area contributed by atoms with Crippen molar-refractivity contribution in [2.45, 2.75) is 13.5 Å². The molecule has 1 heterocycles. The van der Waals surface area contributed by atoms with Crippen LogP contribution in [0.25, 0.3) is 5.57 Å². The molecule has 0 unspecified atom stereocenters. The molecule has 0 bridgehead atoms. The van der Waals surface area contributed by atoms with Crippen molar-refractivity contribution in [2.24, 2.45) is 0 Å². The van der Waals surface area contributed by atoms with Crippen molar-refractivity contribution in [2.75, 3.05) is 26.2 Å². The van der Waals surface area contributed by atoms with Gasteiger partial charge in [-0.1, -0.05) is 36.4 Å². The fourth-order valence-electron chi connectivity index (χ4n) is 2.02. The molecule has 2 rings (SSSR count). The molecule has 1 aliphatic heterocycles. The quantitative estimate of drug-likeness (QED) is 0.832. The van der Waals surface area contributed by atoms with Gasteiger partial charge in [0.05, 0.1) is 0 Å². The summed E-state index contributed by atoms with van der Waals surface area (Å²) < 4.78 is 0. The Labute approximate surface area is 98.0 Å². The summed E-state index contributed by atoms with van der Waals surface area (Å²) >= 11 is 0. The molecule has 1 saturated heterocycles. The molecule has 1 fully saturated rings. The molecule has 2 nitrogen and oxygen atoms in total. The molecule has 86 valence electrons. The molecular formula is C14H20N2. The van der Waals surface area contributed by atoms with Crippen LogP contribution >= 0.6 is 0 Å². The topological polar surface area (TPSA) is 15.3 Å². The third kappa shape index (κ3) is 2.94. The molecule has 1 aliphatic rings. The Hall–Kier alpha value is -1.12. The predicted octanol–water partition coefficient (Wildman–Crippen LogP) is 2.12. The van der Waals surface area contributed by atoms with E-state index in [9.17, 15) is 0 Å². The zero-order chi connectivity index (χ0) is 11.4. The molecule has 16 heavy (non-hydrogen) atoms. The van der Waals surface area contributed by atoms with Gasteiger partial charge in [0, 0.05) is 32.7 Å². The maximum atomic E-state index is 3.95. The van der Waals surface area contributed by atoms with E-state index in [1.807, 2.05) is 6.92 Å². The lowest BCUT2D eigenvalue weighted by Crippen LogP contribution is -2.42. The minimum absolute atomic E-state index is 1.07. The second-order valence-corrected chi connectivity index (χ2v) is 4.50. The summed E-state index contributed by atoms with van der Waals surface area (Å²) in [6.45, 7) is 11.6.